The van der Waals surface area contributed by atoms with Gasteiger partial charge in [0.2, 0.25) is 0 Å². The molecule has 0 aromatic heterocycles. The molecule has 2 N–H and O–H groups in total. The number of benzene rings is 1. The Hall–Kier alpha value is -1.35. The van der Waals surface area contributed by atoms with E-state index in [-0.39, 0.29) is 0 Å². The molecule has 1 saturated carbocycles. The largest absolute Gasteiger partial charge is 0.480 e. The lowest BCUT2D eigenvalue weighted by Gasteiger charge is -2.14. The van der Waals surface area contributed by atoms with E-state index in [2.05, 4.69) is 5.32 Å². The lowest BCUT2D eigenvalue weighted by Crippen LogP contribution is -2.30. The van der Waals surface area contributed by atoms with Crippen LogP contribution in [0.5, 0.6) is 0 Å². The van der Waals surface area contributed by atoms with E-state index in [0.29, 0.717) is 5.92 Å². The highest BCUT2D eigenvalue weighted by molar-refractivity contribution is 5.75. The molecule has 1 fully saturated rings. The molecule has 0 heterocycles. The zero-order valence-electron chi connectivity index (χ0n) is 8.52. The predicted molar refractivity (Wildman–Crippen MR) is 57.5 cm³/mol. The van der Waals surface area contributed by atoms with Crippen molar-refractivity contribution >= 4 is 5.97 Å². The van der Waals surface area contributed by atoms with Crippen LogP contribution in [0, 0.1) is 5.92 Å². The first-order valence-corrected chi connectivity index (χ1v) is 5.28. The van der Waals surface area contributed by atoms with Gasteiger partial charge >= 0.3 is 5.97 Å². The first kappa shape index (κ1) is 10.2. The van der Waals surface area contributed by atoms with Crippen LogP contribution in [-0.4, -0.2) is 17.6 Å². The van der Waals surface area contributed by atoms with Crippen LogP contribution in [-0.2, 0) is 4.79 Å². The van der Waals surface area contributed by atoms with Gasteiger partial charge in [-0.3, -0.25) is 4.79 Å². The van der Waals surface area contributed by atoms with Gasteiger partial charge in [0, 0.05) is 0 Å². The molecule has 3 nitrogen and oxygen atoms in total. The summed E-state index contributed by atoms with van der Waals surface area (Å²) in [4.78, 5) is 11.1. The van der Waals surface area contributed by atoms with Crippen LogP contribution in [0.3, 0.4) is 0 Å². The van der Waals surface area contributed by atoms with E-state index in [4.69, 9.17) is 5.11 Å². The lowest BCUT2D eigenvalue weighted by molar-refractivity contribution is -0.139. The normalized spacial score (nSPS) is 17.3. The van der Waals surface area contributed by atoms with Gasteiger partial charge in [0.05, 0.1) is 0 Å². The van der Waals surface area contributed by atoms with Crippen LogP contribution in [0.2, 0.25) is 0 Å². The molecule has 15 heavy (non-hydrogen) atoms. The molecule has 0 spiro atoms. The zero-order chi connectivity index (χ0) is 10.7. The van der Waals surface area contributed by atoms with Crippen LogP contribution in [0.25, 0.3) is 0 Å². The van der Waals surface area contributed by atoms with E-state index in [0.717, 1.165) is 12.1 Å². The number of carboxylic acids is 1. The third-order valence-corrected chi connectivity index (χ3v) is 2.69. The molecular formula is C12H15NO2. The molecule has 1 aliphatic carbocycles. The SMILES string of the molecule is O=C(O)C(NCC1CC1)c1ccccc1. The first-order chi connectivity index (χ1) is 7.27. The minimum absolute atomic E-state index is 0.563. The third kappa shape index (κ3) is 2.80. The molecule has 2 rings (SSSR count). The first-order valence-electron chi connectivity index (χ1n) is 5.28. The fraction of sp³-hybridized carbons (Fsp3) is 0.417. The number of hydrogen-bond acceptors (Lipinski definition) is 2. The maximum Gasteiger partial charge on any atom is 0.325 e. The van der Waals surface area contributed by atoms with E-state index >= 15 is 0 Å². The van der Waals surface area contributed by atoms with Gasteiger partial charge in [-0.1, -0.05) is 30.3 Å². The van der Waals surface area contributed by atoms with Crippen molar-refractivity contribution in [2.45, 2.75) is 18.9 Å². The van der Waals surface area contributed by atoms with Gasteiger partial charge in [-0.2, -0.15) is 0 Å². The molecule has 0 aliphatic heterocycles. The molecule has 1 atom stereocenters. The molecule has 3 heteroatoms. The predicted octanol–water partition coefficient (Wildman–Crippen LogP) is 1.81. The van der Waals surface area contributed by atoms with Crippen LogP contribution in [0.1, 0.15) is 24.4 Å². The summed E-state index contributed by atoms with van der Waals surface area (Å²) < 4.78 is 0. The standard InChI is InChI=1S/C12H15NO2/c14-12(15)11(13-8-9-6-7-9)10-4-2-1-3-5-10/h1-5,9,11,13H,6-8H2,(H,14,15). The van der Waals surface area contributed by atoms with Crippen LogP contribution >= 0.6 is 0 Å². The van der Waals surface area contributed by atoms with Gasteiger partial charge in [0.25, 0.3) is 0 Å². The minimum atomic E-state index is -0.804. The van der Waals surface area contributed by atoms with E-state index in [1.165, 1.54) is 12.8 Å². The smallest absolute Gasteiger partial charge is 0.325 e. The molecule has 0 amide bonds. The Labute approximate surface area is 89.1 Å². The number of carbonyl (C=O) groups is 1. The molecular weight excluding hydrogens is 190 g/mol. The zero-order valence-corrected chi connectivity index (χ0v) is 8.52. The highest BCUT2D eigenvalue weighted by Crippen LogP contribution is 2.28. The number of nitrogens with one attached hydrogen (secondary N) is 1. The van der Waals surface area contributed by atoms with Crippen LogP contribution in [0.15, 0.2) is 30.3 Å². The summed E-state index contributed by atoms with van der Waals surface area (Å²) in [5.41, 5.74) is 0.825. The van der Waals surface area contributed by atoms with Crippen molar-refractivity contribution < 1.29 is 9.90 Å². The Morgan fingerprint density at radius 1 is 1.40 bits per heavy atom. The van der Waals surface area contributed by atoms with Crippen molar-refractivity contribution in [2.24, 2.45) is 5.92 Å². The van der Waals surface area contributed by atoms with Gasteiger partial charge in [-0.25, -0.2) is 0 Å². The Morgan fingerprint density at radius 3 is 2.60 bits per heavy atom. The second-order valence-electron chi connectivity index (χ2n) is 4.03. The van der Waals surface area contributed by atoms with Gasteiger partial charge in [0.1, 0.15) is 6.04 Å². The summed E-state index contributed by atoms with van der Waals surface area (Å²) in [6.07, 6.45) is 2.46. The maximum atomic E-state index is 11.1. The summed E-state index contributed by atoms with van der Waals surface area (Å²) in [5.74, 6) is -0.114. The van der Waals surface area contributed by atoms with E-state index < -0.39 is 12.0 Å². The topological polar surface area (TPSA) is 49.3 Å². The number of rotatable bonds is 5. The molecule has 1 aliphatic rings. The maximum absolute atomic E-state index is 11.1. The Morgan fingerprint density at radius 2 is 2.07 bits per heavy atom. The van der Waals surface area contributed by atoms with Crippen molar-refractivity contribution in [1.82, 2.24) is 5.32 Å². The van der Waals surface area contributed by atoms with Crippen molar-refractivity contribution in [1.29, 1.82) is 0 Å². The molecule has 0 bridgehead atoms. The second-order valence-corrected chi connectivity index (χ2v) is 4.03. The molecule has 1 aromatic rings. The summed E-state index contributed by atoms with van der Waals surface area (Å²) in [5, 5.41) is 12.2. The summed E-state index contributed by atoms with van der Waals surface area (Å²) in [6, 6.07) is 8.75. The van der Waals surface area contributed by atoms with Gasteiger partial charge in [0.15, 0.2) is 0 Å². The second kappa shape index (κ2) is 4.45. The van der Waals surface area contributed by atoms with Gasteiger partial charge in [-0.05, 0) is 30.9 Å². The highest BCUT2D eigenvalue weighted by atomic mass is 16.4. The summed E-state index contributed by atoms with van der Waals surface area (Å²) >= 11 is 0. The van der Waals surface area contributed by atoms with E-state index in [1.807, 2.05) is 30.3 Å². The molecule has 1 aromatic carbocycles. The van der Waals surface area contributed by atoms with E-state index in [9.17, 15) is 4.79 Å². The fourth-order valence-electron chi connectivity index (χ4n) is 1.60. The fourth-order valence-corrected chi connectivity index (χ4v) is 1.60. The van der Waals surface area contributed by atoms with Crippen molar-refractivity contribution in [3.63, 3.8) is 0 Å². The molecule has 1 unspecified atom stereocenters. The Balaban J connectivity index is 2.01. The van der Waals surface area contributed by atoms with E-state index in [1.54, 1.807) is 0 Å². The minimum Gasteiger partial charge on any atom is -0.480 e. The van der Waals surface area contributed by atoms with Crippen molar-refractivity contribution in [3.05, 3.63) is 35.9 Å². The average molecular weight is 205 g/mol. The van der Waals surface area contributed by atoms with Crippen molar-refractivity contribution in [2.75, 3.05) is 6.54 Å². The molecule has 80 valence electrons. The molecule has 0 radical (unpaired) electrons. The average Bonchev–Trinajstić information content (AvgIpc) is 3.03. The van der Waals surface area contributed by atoms with Crippen molar-refractivity contribution in [3.8, 4) is 0 Å². The summed E-state index contributed by atoms with van der Waals surface area (Å²) in [6.45, 7) is 0.811. The third-order valence-electron chi connectivity index (χ3n) is 2.69. The highest BCUT2D eigenvalue weighted by Gasteiger charge is 2.25. The quantitative estimate of drug-likeness (QED) is 0.770. The molecule has 0 saturated heterocycles. The van der Waals surface area contributed by atoms with Gasteiger partial charge < -0.3 is 10.4 Å². The number of aliphatic carboxylic acids is 1. The Kier molecular flexibility index (Phi) is 3.02. The van der Waals surface area contributed by atoms with Crippen LogP contribution < -0.4 is 5.32 Å². The monoisotopic (exact) mass is 205 g/mol. The number of carboxylic acid groups (broad SMARTS) is 1. The summed E-state index contributed by atoms with van der Waals surface area (Å²) in [7, 11) is 0. The Bertz CT molecular complexity index is 333. The van der Waals surface area contributed by atoms with Gasteiger partial charge in [-0.15, -0.1) is 0 Å². The van der Waals surface area contributed by atoms with Crippen LogP contribution in [0.4, 0.5) is 0 Å². The lowest BCUT2D eigenvalue weighted by atomic mass is 10.1. The number of hydrogen-bond donors (Lipinski definition) is 2.